The van der Waals surface area contributed by atoms with Gasteiger partial charge in [-0.1, -0.05) is 39.8 Å². The Bertz CT molecular complexity index is 1120. The van der Waals surface area contributed by atoms with Gasteiger partial charge in [0.2, 0.25) is 5.88 Å². The van der Waals surface area contributed by atoms with Crippen LogP contribution in [0.1, 0.15) is 107 Å². The van der Waals surface area contributed by atoms with Crippen LogP contribution < -0.4 is 24.8 Å². The van der Waals surface area contributed by atoms with Crippen molar-refractivity contribution in [2.24, 2.45) is 5.41 Å². The van der Waals surface area contributed by atoms with E-state index in [1.807, 2.05) is 36.5 Å². The first-order valence-electron chi connectivity index (χ1n) is 15.5. The molecule has 0 saturated heterocycles. The van der Waals surface area contributed by atoms with E-state index < -0.39 is 0 Å². The first-order chi connectivity index (χ1) is 18.9. The summed E-state index contributed by atoms with van der Waals surface area (Å²) < 4.78 is 18.7. The molecule has 2 aromatic rings. The molecule has 0 radical (unpaired) electrons. The number of hydrogen-bond donors (Lipinski definition) is 2. The van der Waals surface area contributed by atoms with Crippen molar-refractivity contribution in [3.05, 3.63) is 48.2 Å². The number of benzene rings is 1. The fourth-order valence-electron chi connectivity index (χ4n) is 6.26. The number of ether oxygens (including phenoxy) is 3. The molecule has 0 amide bonds. The average Bonchev–Trinajstić information content (AvgIpc) is 2.78. The lowest BCUT2D eigenvalue weighted by molar-refractivity contribution is 0.0693. The van der Waals surface area contributed by atoms with E-state index in [9.17, 15) is 0 Å². The van der Waals surface area contributed by atoms with Crippen molar-refractivity contribution in [2.75, 3.05) is 6.61 Å². The summed E-state index contributed by atoms with van der Waals surface area (Å²) in [4.78, 5) is 4.67. The van der Waals surface area contributed by atoms with Crippen molar-refractivity contribution in [2.45, 2.75) is 142 Å². The first-order valence-corrected chi connectivity index (χ1v) is 15.5. The third-order valence-corrected chi connectivity index (χ3v) is 7.93. The molecule has 2 saturated carbocycles. The molecule has 1 heterocycles. The number of pyridine rings is 1. The monoisotopic (exact) mass is 565 g/mol. The molecule has 0 spiro atoms. The standard InChI is InChI=1S/C35H55N3O3/c1-32(2,3)37-25-16-29(17-25)40-28-13-11-12-27(20-28)39-23-34(7,8)22-35(9,10)24-14-15-31(36-21-24)41-30-18-26(19-30)38-33(4,5)6/h11-15,20-21,25-26,29-30,37-38H,16-19,22-23H2,1-10H3/t25-,26-,29+,30-. The number of nitrogens with one attached hydrogen (secondary N) is 2. The second-order valence-electron chi connectivity index (χ2n) is 16.0. The van der Waals surface area contributed by atoms with Crippen molar-refractivity contribution >= 4 is 0 Å². The molecule has 4 rings (SSSR count). The highest BCUT2D eigenvalue weighted by Crippen LogP contribution is 2.38. The van der Waals surface area contributed by atoms with Gasteiger partial charge in [0.05, 0.1) is 6.61 Å². The molecule has 2 N–H and O–H groups in total. The highest BCUT2D eigenvalue weighted by Gasteiger charge is 2.35. The van der Waals surface area contributed by atoms with E-state index in [1.165, 1.54) is 5.56 Å². The maximum absolute atomic E-state index is 6.30. The second-order valence-corrected chi connectivity index (χ2v) is 16.0. The van der Waals surface area contributed by atoms with Gasteiger partial charge in [-0.2, -0.15) is 0 Å². The Morgan fingerprint density at radius 3 is 1.83 bits per heavy atom. The molecule has 2 aliphatic carbocycles. The highest BCUT2D eigenvalue weighted by atomic mass is 16.5. The van der Waals surface area contributed by atoms with Crippen LogP contribution in [0.5, 0.6) is 17.4 Å². The quantitative estimate of drug-likeness (QED) is 0.279. The van der Waals surface area contributed by atoms with E-state index in [4.69, 9.17) is 14.2 Å². The fraction of sp³-hybridized carbons (Fsp3) is 0.686. The van der Waals surface area contributed by atoms with E-state index in [1.54, 1.807) is 0 Å². The molecular formula is C35H55N3O3. The number of aromatic nitrogens is 1. The van der Waals surface area contributed by atoms with Gasteiger partial charge in [-0.3, -0.25) is 0 Å². The van der Waals surface area contributed by atoms with Gasteiger partial charge in [0.1, 0.15) is 23.7 Å². The lowest BCUT2D eigenvalue weighted by atomic mass is 9.72. The van der Waals surface area contributed by atoms with Gasteiger partial charge in [0.25, 0.3) is 0 Å². The van der Waals surface area contributed by atoms with Crippen molar-refractivity contribution in [3.63, 3.8) is 0 Å². The van der Waals surface area contributed by atoms with Gasteiger partial charge in [-0.25, -0.2) is 4.98 Å². The van der Waals surface area contributed by atoms with Crippen LogP contribution in [0, 0.1) is 5.41 Å². The van der Waals surface area contributed by atoms with E-state index in [-0.39, 0.29) is 34.1 Å². The SMILES string of the molecule is CC(C)(COc1cccc(O[C@H]2C[C@@H](NC(C)(C)C)C2)c1)CC(C)(C)c1ccc(O[C@H]2C[C@H](NC(C)(C)C)C2)nc1. The Morgan fingerprint density at radius 1 is 0.732 bits per heavy atom. The molecule has 0 aliphatic heterocycles. The summed E-state index contributed by atoms with van der Waals surface area (Å²) in [7, 11) is 0. The summed E-state index contributed by atoms with van der Waals surface area (Å²) in [6.07, 6.45) is 7.62. The van der Waals surface area contributed by atoms with Crippen LogP contribution >= 0.6 is 0 Å². The zero-order chi connectivity index (χ0) is 30.1. The van der Waals surface area contributed by atoms with Gasteiger partial charge in [0, 0.05) is 41.5 Å². The summed E-state index contributed by atoms with van der Waals surface area (Å²) in [6.45, 7) is 23.0. The van der Waals surface area contributed by atoms with Crippen LogP contribution in [-0.4, -0.2) is 47.0 Å². The molecule has 0 atom stereocenters. The molecule has 2 fully saturated rings. The van der Waals surface area contributed by atoms with Crippen molar-refractivity contribution < 1.29 is 14.2 Å². The molecule has 1 aromatic heterocycles. The Kier molecular flexibility index (Phi) is 9.35. The third-order valence-electron chi connectivity index (χ3n) is 7.93. The maximum atomic E-state index is 6.30. The van der Waals surface area contributed by atoms with Gasteiger partial charge < -0.3 is 24.8 Å². The van der Waals surface area contributed by atoms with Crippen molar-refractivity contribution in [1.82, 2.24) is 15.6 Å². The minimum absolute atomic E-state index is 0.0314. The summed E-state index contributed by atoms with van der Waals surface area (Å²) in [5.41, 5.74) is 1.42. The average molecular weight is 566 g/mol. The van der Waals surface area contributed by atoms with Gasteiger partial charge >= 0.3 is 0 Å². The molecule has 6 heteroatoms. The van der Waals surface area contributed by atoms with Gasteiger partial charge in [0.15, 0.2) is 0 Å². The third kappa shape index (κ3) is 9.89. The molecule has 2 aliphatic rings. The van der Waals surface area contributed by atoms with Crippen LogP contribution in [0.4, 0.5) is 0 Å². The van der Waals surface area contributed by atoms with Crippen LogP contribution in [0.25, 0.3) is 0 Å². The minimum Gasteiger partial charge on any atom is -0.493 e. The normalized spacial score (nSPS) is 23.4. The van der Waals surface area contributed by atoms with Crippen LogP contribution in [-0.2, 0) is 5.41 Å². The molecule has 0 unspecified atom stereocenters. The van der Waals surface area contributed by atoms with E-state index in [0.29, 0.717) is 18.7 Å². The zero-order valence-corrected chi connectivity index (χ0v) is 27.3. The highest BCUT2D eigenvalue weighted by molar-refractivity contribution is 5.33. The lowest BCUT2D eigenvalue weighted by Crippen LogP contribution is -2.53. The number of rotatable bonds is 12. The van der Waals surface area contributed by atoms with Crippen molar-refractivity contribution in [3.8, 4) is 17.4 Å². The molecule has 6 nitrogen and oxygen atoms in total. The van der Waals surface area contributed by atoms with Gasteiger partial charge in [-0.15, -0.1) is 0 Å². The smallest absolute Gasteiger partial charge is 0.213 e. The maximum Gasteiger partial charge on any atom is 0.213 e. The van der Waals surface area contributed by atoms with Crippen LogP contribution in [0.3, 0.4) is 0 Å². The summed E-state index contributed by atoms with van der Waals surface area (Å²) in [5.74, 6) is 2.46. The lowest BCUT2D eigenvalue weighted by Gasteiger charge is -2.40. The summed E-state index contributed by atoms with van der Waals surface area (Å²) in [5, 5.41) is 7.30. The number of hydrogen-bond acceptors (Lipinski definition) is 6. The van der Waals surface area contributed by atoms with Gasteiger partial charge in [-0.05, 0) is 102 Å². The molecular weight excluding hydrogens is 510 g/mol. The first kappa shape index (κ1) is 31.6. The Morgan fingerprint density at radius 2 is 1.29 bits per heavy atom. The Hall–Kier alpha value is -2.31. The minimum atomic E-state index is -0.0522. The van der Waals surface area contributed by atoms with E-state index >= 15 is 0 Å². The summed E-state index contributed by atoms with van der Waals surface area (Å²) in [6, 6.07) is 13.4. The molecule has 41 heavy (non-hydrogen) atoms. The topological polar surface area (TPSA) is 64.6 Å². The Balaban J connectivity index is 1.23. The van der Waals surface area contributed by atoms with Crippen LogP contribution in [0.2, 0.25) is 0 Å². The summed E-state index contributed by atoms with van der Waals surface area (Å²) >= 11 is 0. The largest absolute Gasteiger partial charge is 0.493 e. The fourth-order valence-corrected chi connectivity index (χ4v) is 6.26. The van der Waals surface area contributed by atoms with Crippen molar-refractivity contribution in [1.29, 1.82) is 0 Å². The Labute approximate surface area is 249 Å². The van der Waals surface area contributed by atoms with Crippen LogP contribution in [0.15, 0.2) is 42.6 Å². The molecule has 0 bridgehead atoms. The van der Waals surface area contributed by atoms with E-state index in [0.717, 1.165) is 49.5 Å². The zero-order valence-electron chi connectivity index (χ0n) is 27.3. The predicted octanol–water partition coefficient (Wildman–Crippen LogP) is 7.45. The van der Waals surface area contributed by atoms with E-state index in [2.05, 4.69) is 90.9 Å². The molecule has 1 aromatic carbocycles. The predicted molar refractivity (Wildman–Crippen MR) is 168 cm³/mol. The number of nitrogens with zero attached hydrogens (tertiary/aromatic N) is 1. The molecule has 228 valence electrons. The second kappa shape index (κ2) is 12.1.